The molecule has 0 bridgehead atoms. The number of aromatic nitrogens is 2. The molecule has 3 rings (SSSR count). The molecular weight excluding hydrogens is 417 g/mol. The van der Waals surface area contributed by atoms with Crippen molar-refractivity contribution in [3.63, 3.8) is 0 Å². The van der Waals surface area contributed by atoms with Gasteiger partial charge >= 0.3 is 0 Å². The summed E-state index contributed by atoms with van der Waals surface area (Å²) in [6.07, 6.45) is 0. The lowest BCUT2D eigenvalue weighted by Crippen LogP contribution is -2.12. The number of carbonyl (C=O) groups excluding carboxylic acids is 1. The van der Waals surface area contributed by atoms with E-state index in [9.17, 15) is 4.79 Å². The van der Waals surface area contributed by atoms with Gasteiger partial charge in [-0.1, -0.05) is 67.4 Å². The van der Waals surface area contributed by atoms with E-state index in [0.29, 0.717) is 20.7 Å². The van der Waals surface area contributed by atoms with Crippen LogP contribution in [0.25, 0.3) is 0 Å². The lowest BCUT2D eigenvalue weighted by Gasteiger charge is -2.19. The molecule has 5 nitrogen and oxygen atoms in total. The number of hydrogen-bond acceptors (Lipinski definition) is 5. The van der Waals surface area contributed by atoms with Gasteiger partial charge in [0.2, 0.25) is 5.13 Å². The maximum Gasteiger partial charge on any atom is 0.259 e. The van der Waals surface area contributed by atoms with Crippen LogP contribution < -0.4 is 10.1 Å². The van der Waals surface area contributed by atoms with Crippen molar-refractivity contribution in [1.29, 1.82) is 0 Å². The molecule has 0 aliphatic rings. The van der Waals surface area contributed by atoms with Crippen LogP contribution in [-0.4, -0.2) is 16.1 Å². The summed E-state index contributed by atoms with van der Waals surface area (Å²) in [6, 6.07) is 12.7. The zero-order valence-electron chi connectivity index (χ0n) is 15.6. The Bertz CT molecular complexity index is 982. The maximum absolute atomic E-state index is 12.3. The van der Waals surface area contributed by atoms with Crippen LogP contribution in [0.4, 0.5) is 5.13 Å². The maximum atomic E-state index is 12.3. The molecule has 146 valence electrons. The van der Waals surface area contributed by atoms with Crippen LogP contribution in [0.5, 0.6) is 5.75 Å². The fourth-order valence-corrected chi connectivity index (χ4v) is 3.54. The second-order valence-electron chi connectivity index (χ2n) is 7.14. The zero-order valence-corrected chi connectivity index (χ0v) is 18.0. The summed E-state index contributed by atoms with van der Waals surface area (Å²) in [6.45, 7) is 6.76. The van der Waals surface area contributed by atoms with Gasteiger partial charge in [-0.3, -0.25) is 10.1 Å². The Balaban J connectivity index is 1.59. The molecule has 0 spiro atoms. The third-order valence-electron chi connectivity index (χ3n) is 3.95. The standard InChI is InChI=1S/C20H19Cl2N3O2S/c1-20(2,3)12-4-7-14(8-5-12)27-11-17-24-25-19(28-17)23-18(26)15-9-6-13(21)10-16(15)22/h4-10H,11H2,1-3H3,(H,23,25,26). The van der Waals surface area contributed by atoms with Crippen LogP contribution in [0.2, 0.25) is 10.0 Å². The van der Waals surface area contributed by atoms with Gasteiger partial charge in [-0.15, -0.1) is 10.2 Å². The topological polar surface area (TPSA) is 64.1 Å². The van der Waals surface area contributed by atoms with E-state index in [1.807, 2.05) is 12.1 Å². The highest BCUT2D eigenvalue weighted by atomic mass is 35.5. The summed E-state index contributed by atoms with van der Waals surface area (Å²) in [5, 5.41) is 12.5. The monoisotopic (exact) mass is 435 g/mol. The van der Waals surface area contributed by atoms with E-state index in [-0.39, 0.29) is 23.0 Å². The molecule has 0 aliphatic carbocycles. The van der Waals surface area contributed by atoms with Crippen molar-refractivity contribution >= 4 is 45.6 Å². The van der Waals surface area contributed by atoms with Crippen molar-refractivity contribution in [1.82, 2.24) is 10.2 Å². The molecule has 1 N–H and O–H groups in total. The normalized spacial score (nSPS) is 11.3. The number of rotatable bonds is 5. The van der Waals surface area contributed by atoms with Crippen molar-refractivity contribution in [2.24, 2.45) is 0 Å². The number of carbonyl (C=O) groups is 1. The van der Waals surface area contributed by atoms with Crippen LogP contribution in [0, 0.1) is 0 Å². The Morgan fingerprint density at radius 2 is 1.82 bits per heavy atom. The predicted octanol–water partition coefficient (Wildman–Crippen LogP) is 5.97. The lowest BCUT2D eigenvalue weighted by molar-refractivity contribution is 0.102. The van der Waals surface area contributed by atoms with Crippen molar-refractivity contribution < 1.29 is 9.53 Å². The quantitative estimate of drug-likeness (QED) is 0.535. The van der Waals surface area contributed by atoms with Gasteiger partial charge in [-0.2, -0.15) is 0 Å². The summed E-state index contributed by atoms with van der Waals surface area (Å²) in [5.41, 5.74) is 1.65. The Morgan fingerprint density at radius 1 is 1.11 bits per heavy atom. The van der Waals surface area contributed by atoms with E-state index in [4.69, 9.17) is 27.9 Å². The highest BCUT2D eigenvalue weighted by molar-refractivity contribution is 7.15. The Hall–Kier alpha value is -2.15. The van der Waals surface area contributed by atoms with E-state index < -0.39 is 0 Å². The van der Waals surface area contributed by atoms with Crippen LogP contribution in [0.15, 0.2) is 42.5 Å². The minimum Gasteiger partial charge on any atom is -0.486 e. The number of benzene rings is 2. The Labute approximate surface area is 177 Å². The molecule has 1 heterocycles. The molecule has 0 saturated heterocycles. The summed E-state index contributed by atoms with van der Waals surface area (Å²) >= 11 is 13.1. The molecule has 0 radical (unpaired) electrons. The van der Waals surface area contributed by atoms with Crippen molar-refractivity contribution in [3.05, 3.63) is 68.6 Å². The van der Waals surface area contributed by atoms with Gasteiger partial charge < -0.3 is 4.74 Å². The first kappa shape index (κ1) is 20.6. The van der Waals surface area contributed by atoms with Crippen LogP contribution in [-0.2, 0) is 12.0 Å². The number of nitrogens with one attached hydrogen (secondary N) is 1. The molecule has 0 unspecified atom stereocenters. The molecule has 3 aromatic rings. The molecule has 1 amide bonds. The third-order valence-corrected chi connectivity index (χ3v) is 5.31. The first-order chi connectivity index (χ1) is 13.2. The molecule has 0 saturated carbocycles. The Kier molecular flexibility index (Phi) is 6.23. The lowest BCUT2D eigenvalue weighted by atomic mass is 9.87. The van der Waals surface area contributed by atoms with Crippen molar-refractivity contribution in [3.8, 4) is 5.75 Å². The molecule has 1 aromatic heterocycles. The minimum absolute atomic E-state index is 0.0951. The van der Waals surface area contributed by atoms with Crippen molar-refractivity contribution in [2.75, 3.05) is 5.32 Å². The van der Waals surface area contributed by atoms with Crippen molar-refractivity contribution in [2.45, 2.75) is 32.8 Å². The van der Waals surface area contributed by atoms with Gasteiger partial charge in [0.05, 0.1) is 10.6 Å². The van der Waals surface area contributed by atoms with Gasteiger partial charge in [0.15, 0.2) is 5.01 Å². The molecule has 8 heteroatoms. The highest BCUT2D eigenvalue weighted by Crippen LogP contribution is 2.26. The molecule has 0 fully saturated rings. The molecule has 0 aliphatic heterocycles. The summed E-state index contributed by atoms with van der Waals surface area (Å²) < 4.78 is 5.75. The fraction of sp³-hybridized carbons (Fsp3) is 0.250. The molecule has 28 heavy (non-hydrogen) atoms. The van der Waals surface area contributed by atoms with E-state index >= 15 is 0 Å². The summed E-state index contributed by atoms with van der Waals surface area (Å²) in [7, 11) is 0. The number of hydrogen-bond donors (Lipinski definition) is 1. The molecular formula is C20H19Cl2N3O2S. The smallest absolute Gasteiger partial charge is 0.259 e. The Morgan fingerprint density at radius 3 is 2.46 bits per heavy atom. The largest absolute Gasteiger partial charge is 0.486 e. The average molecular weight is 436 g/mol. The second kappa shape index (κ2) is 8.47. The second-order valence-corrected chi connectivity index (χ2v) is 9.05. The van der Waals surface area contributed by atoms with Gasteiger partial charge in [0.25, 0.3) is 5.91 Å². The SMILES string of the molecule is CC(C)(C)c1ccc(OCc2nnc(NC(=O)c3ccc(Cl)cc3Cl)s2)cc1. The van der Waals surface area contributed by atoms with E-state index in [1.165, 1.54) is 23.0 Å². The minimum atomic E-state index is -0.372. The van der Waals surface area contributed by atoms with Crippen LogP contribution in [0.3, 0.4) is 0 Å². The summed E-state index contributed by atoms with van der Waals surface area (Å²) in [5.74, 6) is 0.379. The van der Waals surface area contributed by atoms with Gasteiger partial charge in [-0.25, -0.2) is 0 Å². The van der Waals surface area contributed by atoms with Gasteiger partial charge in [-0.05, 0) is 41.3 Å². The highest BCUT2D eigenvalue weighted by Gasteiger charge is 2.15. The first-order valence-electron chi connectivity index (χ1n) is 8.54. The fourth-order valence-electron chi connectivity index (χ4n) is 2.40. The zero-order chi connectivity index (χ0) is 20.3. The number of ether oxygens (including phenoxy) is 1. The van der Waals surface area contributed by atoms with Gasteiger partial charge in [0, 0.05) is 5.02 Å². The number of halogens is 2. The van der Waals surface area contributed by atoms with E-state index in [1.54, 1.807) is 12.1 Å². The number of amides is 1. The third kappa shape index (κ3) is 5.22. The number of nitrogens with zero attached hydrogens (tertiary/aromatic N) is 2. The van der Waals surface area contributed by atoms with E-state index in [2.05, 4.69) is 48.4 Å². The first-order valence-corrected chi connectivity index (χ1v) is 10.1. The predicted molar refractivity (Wildman–Crippen MR) is 114 cm³/mol. The summed E-state index contributed by atoms with van der Waals surface area (Å²) in [4.78, 5) is 12.3. The van der Waals surface area contributed by atoms with Crippen LogP contribution in [0.1, 0.15) is 41.7 Å². The average Bonchev–Trinajstić information content (AvgIpc) is 3.07. The van der Waals surface area contributed by atoms with Crippen LogP contribution >= 0.6 is 34.5 Å². The molecule has 0 atom stereocenters. The van der Waals surface area contributed by atoms with Gasteiger partial charge in [0.1, 0.15) is 12.4 Å². The number of anilines is 1. The van der Waals surface area contributed by atoms with E-state index in [0.717, 1.165) is 5.75 Å². The molecule has 2 aromatic carbocycles.